The number of para-hydroxylation sites is 1. The molecule has 0 aliphatic heterocycles. The van der Waals surface area contributed by atoms with Crippen molar-refractivity contribution in [1.29, 1.82) is 5.26 Å². The minimum atomic E-state index is -0.188. The van der Waals surface area contributed by atoms with E-state index in [9.17, 15) is 10.1 Å². The van der Waals surface area contributed by atoms with Crippen LogP contribution in [0.25, 0.3) is 0 Å². The van der Waals surface area contributed by atoms with Gasteiger partial charge in [0.1, 0.15) is 6.07 Å². The van der Waals surface area contributed by atoms with Crippen molar-refractivity contribution in [1.82, 2.24) is 5.32 Å². The molecule has 28 heavy (non-hydrogen) atoms. The van der Waals surface area contributed by atoms with Crippen LogP contribution >= 0.6 is 0 Å². The fourth-order valence-corrected chi connectivity index (χ4v) is 3.10. The maximum Gasteiger partial charge on any atom is 0.238 e. The van der Waals surface area contributed by atoms with E-state index in [1.54, 1.807) is 24.3 Å². The van der Waals surface area contributed by atoms with Crippen LogP contribution in [0.5, 0.6) is 0 Å². The summed E-state index contributed by atoms with van der Waals surface area (Å²) in [5, 5.41) is 15.4. The number of hydrogen-bond donors (Lipinski definition) is 2. The molecular weight excluding hydrogens is 346 g/mol. The summed E-state index contributed by atoms with van der Waals surface area (Å²) in [5.41, 5.74) is 5.63. The van der Waals surface area contributed by atoms with Crippen molar-refractivity contribution in [2.45, 2.75) is 19.9 Å². The number of nitrogens with zero attached hydrogens (tertiary/aromatic N) is 1. The highest BCUT2D eigenvalue weighted by molar-refractivity contribution is 5.93. The lowest BCUT2D eigenvalue weighted by Gasteiger charge is -2.21. The van der Waals surface area contributed by atoms with Crippen molar-refractivity contribution in [2.75, 3.05) is 11.9 Å². The van der Waals surface area contributed by atoms with E-state index >= 15 is 0 Å². The van der Waals surface area contributed by atoms with Gasteiger partial charge in [-0.25, -0.2) is 0 Å². The summed E-state index contributed by atoms with van der Waals surface area (Å²) >= 11 is 0. The van der Waals surface area contributed by atoms with E-state index in [1.807, 2.05) is 18.2 Å². The molecule has 0 bridgehead atoms. The van der Waals surface area contributed by atoms with Crippen LogP contribution in [0, 0.1) is 25.2 Å². The number of rotatable bonds is 6. The first kappa shape index (κ1) is 19.3. The first-order valence-corrected chi connectivity index (χ1v) is 9.23. The van der Waals surface area contributed by atoms with E-state index in [0.717, 1.165) is 11.1 Å². The number of nitriles is 1. The van der Waals surface area contributed by atoms with Gasteiger partial charge in [0.15, 0.2) is 0 Å². The molecule has 0 fully saturated rings. The molecule has 2 N–H and O–H groups in total. The average molecular weight is 369 g/mol. The highest BCUT2D eigenvalue weighted by Gasteiger charge is 2.16. The number of amides is 1. The van der Waals surface area contributed by atoms with Crippen molar-refractivity contribution in [3.8, 4) is 6.07 Å². The van der Waals surface area contributed by atoms with E-state index in [-0.39, 0.29) is 18.5 Å². The predicted octanol–water partition coefficient (Wildman–Crippen LogP) is 4.49. The Balaban J connectivity index is 1.77. The third kappa shape index (κ3) is 4.64. The van der Waals surface area contributed by atoms with Gasteiger partial charge in [0, 0.05) is 0 Å². The normalized spacial score (nSPS) is 11.5. The number of carbonyl (C=O) groups excluding carboxylic acids is 1. The Labute approximate surface area is 165 Å². The monoisotopic (exact) mass is 369 g/mol. The molecule has 1 unspecified atom stereocenters. The van der Waals surface area contributed by atoms with Gasteiger partial charge >= 0.3 is 0 Å². The van der Waals surface area contributed by atoms with Crippen LogP contribution in [0.15, 0.2) is 72.8 Å². The Bertz CT molecular complexity index is 1010. The molecule has 3 rings (SSSR count). The topological polar surface area (TPSA) is 64.9 Å². The summed E-state index contributed by atoms with van der Waals surface area (Å²) in [6, 6.07) is 25.4. The molecule has 0 aliphatic rings. The van der Waals surface area contributed by atoms with E-state index < -0.39 is 0 Å². The first-order chi connectivity index (χ1) is 13.6. The number of benzene rings is 3. The van der Waals surface area contributed by atoms with Gasteiger partial charge in [0.25, 0.3) is 0 Å². The molecule has 4 heteroatoms. The molecule has 0 saturated carbocycles. The van der Waals surface area contributed by atoms with Gasteiger partial charge in [-0.15, -0.1) is 0 Å². The minimum absolute atomic E-state index is 0.0996. The second kappa shape index (κ2) is 8.98. The maximum atomic E-state index is 12.5. The van der Waals surface area contributed by atoms with Crippen molar-refractivity contribution in [3.63, 3.8) is 0 Å². The summed E-state index contributed by atoms with van der Waals surface area (Å²) in [6.07, 6.45) is 0. The van der Waals surface area contributed by atoms with Gasteiger partial charge in [0.05, 0.1) is 23.8 Å². The molecule has 3 aromatic carbocycles. The number of anilines is 1. The van der Waals surface area contributed by atoms with E-state index in [4.69, 9.17) is 0 Å². The van der Waals surface area contributed by atoms with Crippen LogP contribution in [0.2, 0.25) is 0 Å². The number of aryl methyl sites for hydroxylation is 2. The highest BCUT2D eigenvalue weighted by atomic mass is 16.1. The third-order valence-electron chi connectivity index (χ3n) is 4.79. The minimum Gasteiger partial charge on any atom is -0.324 e. The fourth-order valence-electron chi connectivity index (χ4n) is 3.10. The molecule has 140 valence electrons. The number of carbonyl (C=O) groups is 1. The van der Waals surface area contributed by atoms with Crippen LogP contribution in [0.3, 0.4) is 0 Å². The van der Waals surface area contributed by atoms with Crippen molar-refractivity contribution in [3.05, 3.63) is 101 Å². The van der Waals surface area contributed by atoms with Gasteiger partial charge in [-0.05, 0) is 48.2 Å². The van der Waals surface area contributed by atoms with Crippen LogP contribution in [0.4, 0.5) is 5.69 Å². The van der Waals surface area contributed by atoms with Gasteiger partial charge in [-0.2, -0.15) is 5.26 Å². The largest absolute Gasteiger partial charge is 0.324 e. The zero-order valence-corrected chi connectivity index (χ0v) is 16.1. The first-order valence-electron chi connectivity index (χ1n) is 9.23. The van der Waals surface area contributed by atoms with Crippen molar-refractivity contribution < 1.29 is 4.79 Å². The maximum absolute atomic E-state index is 12.5. The smallest absolute Gasteiger partial charge is 0.238 e. The number of hydrogen-bond acceptors (Lipinski definition) is 3. The average Bonchev–Trinajstić information content (AvgIpc) is 2.72. The van der Waals surface area contributed by atoms with Crippen LogP contribution < -0.4 is 10.6 Å². The van der Waals surface area contributed by atoms with Crippen molar-refractivity contribution in [2.24, 2.45) is 0 Å². The summed E-state index contributed by atoms with van der Waals surface area (Å²) in [4.78, 5) is 12.5. The molecule has 3 aromatic rings. The zero-order valence-electron chi connectivity index (χ0n) is 16.1. The molecule has 0 spiro atoms. The van der Waals surface area contributed by atoms with E-state index in [2.05, 4.69) is 60.9 Å². The van der Waals surface area contributed by atoms with Gasteiger partial charge < -0.3 is 5.32 Å². The Morgan fingerprint density at radius 1 is 0.929 bits per heavy atom. The standard InChI is InChI=1S/C24H23N3O/c1-17-12-13-20(14-18(17)2)24(19-8-4-3-5-9-19)26-16-23(28)27-22-11-7-6-10-21(22)15-25/h3-14,24,26H,16H2,1-2H3,(H,27,28). The zero-order chi connectivity index (χ0) is 19.9. The summed E-state index contributed by atoms with van der Waals surface area (Å²) < 4.78 is 0. The Kier molecular flexibility index (Phi) is 6.21. The Morgan fingerprint density at radius 2 is 1.64 bits per heavy atom. The van der Waals surface area contributed by atoms with Gasteiger partial charge in [-0.1, -0.05) is 60.7 Å². The predicted molar refractivity (Wildman–Crippen MR) is 112 cm³/mol. The lowest BCUT2D eigenvalue weighted by Crippen LogP contribution is -2.32. The molecule has 0 aromatic heterocycles. The SMILES string of the molecule is Cc1ccc(C(NCC(=O)Nc2ccccc2C#N)c2ccccc2)cc1C. The lowest BCUT2D eigenvalue weighted by molar-refractivity contribution is -0.115. The van der Waals surface area contributed by atoms with Crippen molar-refractivity contribution >= 4 is 11.6 Å². The highest BCUT2D eigenvalue weighted by Crippen LogP contribution is 2.24. The Morgan fingerprint density at radius 3 is 2.36 bits per heavy atom. The lowest BCUT2D eigenvalue weighted by atomic mass is 9.95. The van der Waals surface area contributed by atoms with Gasteiger partial charge in [0.2, 0.25) is 5.91 Å². The second-order valence-electron chi connectivity index (χ2n) is 6.77. The summed E-state index contributed by atoms with van der Waals surface area (Å²) in [6.45, 7) is 4.31. The Hall–Kier alpha value is -3.42. The molecule has 0 heterocycles. The number of nitrogens with one attached hydrogen (secondary N) is 2. The summed E-state index contributed by atoms with van der Waals surface area (Å²) in [7, 11) is 0. The van der Waals surface area contributed by atoms with E-state index in [0.29, 0.717) is 11.3 Å². The van der Waals surface area contributed by atoms with Crippen LogP contribution in [-0.2, 0) is 4.79 Å². The third-order valence-corrected chi connectivity index (χ3v) is 4.79. The molecule has 0 radical (unpaired) electrons. The molecule has 1 atom stereocenters. The molecule has 0 saturated heterocycles. The molecule has 0 aliphatic carbocycles. The molecular formula is C24H23N3O. The fraction of sp³-hybridized carbons (Fsp3) is 0.167. The van der Waals surface area contributed by atoms with Crippen LogP contribution in [-0.4, -0.2) is 12.5 Å². The van der Waals surface area contributed by atoms with Gasteiger partial charge in [-0.3, -0.25) is 10.1 Å². The molecule has 4 nitrogen and oxygen atoms in total. The quantitative estimate of drug-likeness (QED) is 0.673. The second-order valence-corrected chi connectivity index (χ2v) is 6.77. The van der Waals surface area contributed by atoms with Crippen LogP contribution in [0.1, 0.15) is 33.9 Å². The summed E-state index contributed by atoms with van der Waals surface area (Å²) in [5.74, 6) is -0.188. The van der Waals surface area contributed by atoms with E-state index in [1.165, 1.54) is 11.1 Å². The molecule has 1 amide bonds.